The summed E-state index contributed by atoms with van der Waals surface area (Å²) >= 11 is 0. The molecule has 2 aromatic rings. The van der Waals surface area contributed by atoms with Crippen LogP contribution in [0, 0.1) is 0 Å². The van der Waals surface area contributed by atoms with Crippen LogP contribution < -0.4 is 11.5 Å². The zero-order chi connectivity index (χ0) is 19.3. The van der Waals surface area contributed by atoms with Crippen LogP contribution in [0.2, 0.25) is 0 Å². The Hall–Kier alpha value is -2.55. The molecule has 0 radical (unpaired) electrons. The number of carbonyl (C=O) groups excluding carboxylic acids is 1. The van der Waals surface area contributed by atoms with Crippen molar-refractivity contribution in [1.29, 1.82) is 0 Å². The van der Waals surface area contributed by atoms with Crippen LogP contribution in [0.3, 0.4) is 0 Å². The van der Waals surface area contributed by atoms with E-state index in [1.807, 2.05) is 30.3 Å². The van der Waals surface area contributed by atoms with Crippen molar-refractivity contribution in [2.75, 3.05) is 0 Å². The van der Waals surface area contributed by atoms with Crippen LogP contribution in [-0.4, -0.2) is 5.78 Å². The molecule has 2 rings (SSSR count). The highest BCUT2D eigenvalue weighted by molar-refractivity contribution is 6.30. The molecular weight excluding hydrogens is 320 g/mol. The Morgan fingerprint density at radius 2 is 1.38 bits per heavy atom. The number of ketones is 1. The van der Waals surface area contributed by atoms with E-state index in [1.54, 1.807) is 0 Å². The van der Waals surface area contributed by atoms with Gasteiger partial charge in [0.1, 0.15) is 5.82 Å². The maximum absolute atomic E-state index is 13.5. The third-order valence-corrected chi connectivity index (χ3v) is 5.02. The average molecular weight is 351 g/mol. The molecule has 0 heterocycles. The zero-order valence-electron chi connectivity index (χ0n) is 16.4. The molecule has 0 atom stereocenters. The highest BCUT2D eigenvalue weighted by atomic mass is 16.1. The maximum atomic E-state index is 13.5. The lowest BCUT2D eigenvalue weighted by molar-refractivity contribution is 0.105. The van der Waals surface area contributed by atoms with Gasteiger partial charge < -0.3 is 11.5 Å². The molecule has 2 aromatic carbocycles. The number of benzene rings is 2. The van der Waals surface area contributed by atoms with E-state index in [9.17, 15) is 4.79 Å². The van der Waals surface area contributed by atoms with Gasteiger partial charge in [0, 0.05) is 5.56 Å². The van der Waals surface area contributed by atoms with Crippen LogP contribution in [-0.2, 0) is 25.7 Å². The molecule has 138 valence electrons. The molecule has 0 amide bonds. The lowest BCUT2D eigenvalue weighted by Crippen LogP contribution is -2.19. The molecule has 0 aromatic heterocycles. The molecule has 26 heavy (non-hydrogen) atoms. The van der Waals surface area contributed by atoms with E-state index in [0.29, 0.717) is 5.57 Å². The zero-order valence-corrected chi connectivity index (χ0v) is 16.4. The second-order valence-electron chi connectivity index (χ2n) is 6.46. The van der Waals surface area contributed by atoms with Crippen LogP contribution in [0.4, 0.5) is 0 Å². The lowest BCUT2D eigenvalue weighted by Gasteiger charge is -2.21. The Kier molecular flexibility index (Phi) is 6.62. The molecular formula is C23H30N2O. The van der Waals surface area contributed by atoms with Gasteiger partial charge in [0.05, 0.1) is 5.57 Å². The Morgan fingerprint density at radius 1 is 0.808 bits per heavy atom. The van der Waals surface area contributed by atoms with Crippen LogP contribution in [0.25, 0.3) is 5.57 Å². The monoisotopic (exact) mass is 350 g/mol. The summed E-state index contributed by atoms with van der Waals surface area (Å²) in [7, 11) is 0. The lowest BCUT2D eigenvalue weighted by atomic mass is 9.83. The van der Waals surface area contributed by atoms with Crippen molar-refractivity contribution >= 4 is 11.4 Å². The van der Waals surface area contributed by atoms with Crippen molar-refractivity contribution in [3.63, 3.8) is 0 Å². The number of carbonyl (C=O) groups is 1. The second kappa shape index (κ2) is 8.70. The number of Topliss-reactive ketones (excluding diaryl/α,β-unsaturated/α-hetero) is 1. The predicted octanol–water partition coefficient (Wildman–Crippen LogP) is 4.41. The largest absolute Gasteiger partial charge is 0.385 e. The molecule has 0 bridgehead atoms. The molecule has 3 nitrogen and oxygen atoms in total. The maximum Gasteiger partial charge on any atom is 0.197 e. The van der Waals surface area contributed by atoms with E-state index in [0.717, 1.165) is 42.4 Å². The van der Waals surface area contributed by atoms with Crippen LogP contribution >= 0.6 is 0 Å². The number of hydrogen-bond acceptors (Lipinski definition) is 3. The molecule has 0 aliphatic carbocycles. The molecule has 4 N–H and O–H groups in total. The fourth-order valence-electron chi connectivity index (χ4n) is 3.84. The third-order valence-electron chi connectivity index (χ3n) is 5.02. The Labute approximate surface area is 157 Å². The average Bonchev–Trinajstić information content (AvgIpc) is 2.66. The first-order valence-corrected chi connectivity index (χ1v) is 9.51. The van der Waals surface area contributed by atoms with Gasteiger partial charge in [0.15, 0.2) is 5.78 Å². The first-order chi connectivity index (χ1) is 12.5. The van der Waals surface area contributed by atoms with Crippen molar-refractivity contribution in [1.82, 2.24) is 0 Å². The van der Waals surface area contributed by atoms with E-state index >= 15 is 0 Å². The van der Waals surface area contributed by atoms with Gasteiger partial charge in [0.2, 0.25) is 0 Å². The molecule has 0 fully saturated rings. The van der Waals surface area contributed by atoms with Gasteiger partial charge in [-0.25, -0.2) is 0 Å². The minimum Gasteiger partial charge on any atom is -0.385 e. The van der Waals surface area contributed by atoms with Gasteiger partial charge >= 0.3 is 0 Å². The summed E-state index contributed by atoms with van der Waals surface area (Å²) < 4.78 is 0. The third kappa shape index (κ3) is 3.67. The summed E-state index contributed by atoms with van der Waals surface area (Å²) in [6.45, 7) is 8.58. The number of aryl methyl sites for hydroxylation is 1. The van der Waals surface area contributed by atoms with E-state index in [-0.39, 0.29) is 11.6 Å². The van der Waals surface area contributed by atoms with Gasteiger partial charge in [-0.2, -0.15) is 0 Å². The Bertz CT molecular complexity index is 816. The standard InChI is InChI=1S/C23H30N2O/c1-5-15-14-20(19(8-4)18(7-3)17(15)6-2)22(26)21(23(24)25)16-12-10-9-11-13-16/h9-14H,5-8,24-25H2,1-4H3. The van der Waals surface area contributed by atoms with Gasteiger partial charge in [0.25, 0.3) is 0 Å². The normalized spacial score (nSPS) is 10.6. The van der Waals surface area contributed by atoms with Gasteiger partial charge in [-0.3, -0.25) is 4.79 Å². The first-order valence-electron chi connectivity index (χ1n) is 9.51. The van der Waals surface area contributed by atoms with Crippen LogP contribution in [0.15, 0.2) is 42.2 Å². The van der Waals surface area contributed by atoms with Crippen LogP contribution in [0.1, 0.15) is 65.9 Å². The van der Waals surface area contributed by atoms with E-state index in [2.05, 4.69) is 33.8 Å². The summed E-state index contributed by atoms with van der Waals surface area (Å²) in [6, 6.07) is 11.5. The smallest absolute Gasteiger partial charge is 0.197 e. The molecule has 0 aliphatic heterocycles. The summed E-state index contributed by atoms with van der Waals surface area (Å²) in [5, 5.41) is 0. The summed E-state index contributed by atoms with van der Waals surface area (Å²) in [4.78, 5) is 13.5. The number of nitrogens with two attached hydrogens (primary N) is 2. The number of allylic oxidation sites excluding steroid dienone is 1. The second-order valence-corrected chi connectivity index (χ2v) is 6.46. The molecule has 0 aliphatic rings. The molecule has 0 saturated heterocycles. The molecule has 0 saturated carbocycles. The summed E-state index contributed by atoms with van der Waals surface area (Å²) in [5.74, 6) is -0.0148. The molecule has 0 spiro atoms. The number of hydrogen-bond donors (Lipinski definition) is 2. The van der Waals surface area contributed by atoms with Gasteiger partial charge in [-0.15, -0.1) is 0 Å². The van der Waals surface area contributed by atoms with Crippen molar-refractivity contribution in [2.45, 2.75) is 53.4 Å². The molecule has 0 unspecified atom stereocenters. The van der Waals surface area contributed by atoms with Gasteiger partial charge in [-0.05, 0) is 59.6 Å². The first kappa shape index (κ1) is 19.8. The fraction of sp³-hybridized carbons (Fsp3) is 0.348. The fourth-order valence-corrected chi connectivity index (χ4v) is 3.84. The van der Waals surface area contributed by atoms with Crippen molar-refractivity contribution in [3.05, 3.63) is 75.6 Å². The molecule has 3 heteroatoms. The summed E-state index contributed by atoms with van der Waals surface area (Å²) in [6.07, 6.45) is 3.62. The highest BCUT2D eigenvalue weighted by Crippen LogP contribution is 2.30. The minimum atomic E-state index is -0.0832. The van der Waals surface area contributed by atoms with E-state index < -0.39 is 0 Å². The van der Waals surface area contributed by atoms with Crippen LogP contribution in [0.5, 0.6) is 0 Å². The SMILES string of the molecule is CCc1cc(C(=O)C(=C(N)N)c2ccccc2)c(CC)c(CC)c1CC. The topological polar surface area (TPSA) is 69.1 Å². The van der Waals surface area contributed by atoms with Crippen molar-refractivity contribution in [2.24, 2.45) is 11.5 Å². The summed E-state index contributed by atoms with van der Waals surface area (Å²) in [5.41, 5.74) is 18.8. The highest BCUT2D eigenvalue weighted by Gasteiger charge is 2.23. The predicted molar refractivity (Wildman–Crippen MR) is 110 cm³/mol. The van der Waals surface area contributed by atoms with Gasteiger partial charge in [-0.1, -0.05) is 58.0 Å². The minimum absolute atomic E-state index is 0.0684. The van der Waals surface area contributed by atoms with Crippen molar-refractivity contribution in [3.8, 4) is 0 Å². The van der Waals surface area contributed by atoms with E-state index in [4.69, 9.17) is 11.5 Å². The number of rotatable bonds is 7. The Balaban J connectivity index is 2.74. The van der Waals surface area contributed by atoms with E-state index in [1.165, 1.54) is 16.7 Å². The Morgan fingerprint density at radius 3 is 1.85 bits per heavy atom. The quantitative estimate of drug-likeness (QED) is 0.574. The van der Waals surface area contributed by atoms with Crippen molar-refractivity contribution < 1.29 is 4.79 Å².